The highest BCUT2D eigenvalue weighted by molar-refractivity contribution is 5.87. The third kappa shape index (κ3) is 1.91. The van der Waals surface area contributed by atoms with Gasteiger partial charge in [-0.05, 0) is 41.7 Å². The van der Waals surface area contributed by atoms with Gasteiger partial charge in [-0.25, -0.2) is 4.98 Å². The molecule has 0 spiro atoms. The van der Waals surface area contributed by atoms with Gasteiger partial charge in [0.15, 0.2) is 0 Å². The van der Waals surface area contributed by atoms with Gasteiger partial charge in [-0.3, -0.25) is 4.79 Å². The van der Waals surface area contributed by atoms with Crippen LogP contribution in [0.2, 0.25) is 0 Å². The van der Waals surface area contributed by atoms with Crippen molar-refractivity contribution in [1.82, 2.24) is 9.38 Å². The number of fused-ring (bicyclic) bond motifs is 1. The van der Waals surface area contributed by atoms with Gasteiger partial charge in [0.25, 0.3) is 0 Å². The number of rotatable bonds is 3. The molecule has 1 saturated carbocycles. The summed E-state index contributed by atoms with van der Waals surface area (Å²) in [5.74, 6) is -0.130. The molecule has 2 aromatic heterocycles. The van der Waals surface area contributed by atoms with Gasteiger partial charge in [0.2, 0.25) is 0 Å². The summed E-state index contributed by atoms with van der Waals surface area (Å²) in [6, 6.07) is 12.3. The van der Waals surface area contributed by atoms with E-state index in [1.807, 2.05) is 28.8 Å². The molecule has 0 bridgehead atoms. The normalized spacial score (nSPS) is 15.7. The van der Waals surface area contributed by atoms with Crippen molar-refractivity contribution in [2.24, 2.45) is 0 Å². The minimum absolute atomic E-state index is 0.130. The van der Waals surface area contributed by atoms with Crippen LogP contribution in [0.4, 0.5) is 0 Å². The van der Waals surface area contributed by atoms with E-state index in [9.17, 15) is 4.79 Å². The zero-order valence-electron chi connectivity index (χ0n) is 12.3. The fraction of sp³-hybridized carbons (Fsp3) is 0.222. The van der Waals surface area contributed by atoms with Crippen molar-refractivity contribution in [3.8, 4) is 11.1 Å². The molecule has 0 amide bonds. The zero-order chi connectivity index (χ0) is 15.2. The minimum atomic E-state index is -0.427. The largest absolute Gasteiger partial charge is 0.468 e. The monoisotopic (exact) mass is 292 g/mol. The first-order chi connectivity index (χ1) is 10.7. The molecule has 1 aromatic carbocycles. The van der Waals surface area contributed by atoms with E-state index in [0.717, 1.165) is 35.0 Å². The van der Waals surface area contributed by atoms with Crippen LogP contribution in [0.15, 0.2) is 55.1 Å². The number of imidazole rings is 1. The van der Waals surface area contributed by atoms with Crippen LogP contribution in [0.3, 0.4) is 0 Å². The number of nitrogens with zero attached hydrogens (tertiary/aromatic N) is 2. The Balaban J connectivity index is 1.77. The van der Waals surface area contributed by atoms with Crippen molar-refractivity contribution >= 4 is 11.5 Å². The van der Waals surface area contributed by atoms with Crippen LogP contribution < -0.4 is 0 Å². The molecule has 110 valence electrons. The van der Waals surface area contributed by atoms with E-state index in [-0.39, 0.29) is 5.97 Å². The second kappa shape index (κ2) is 4.70. The van der Waals surface area contributed by atoms with Crippen molar-refractivity contribution < 1.29 is 9.53 Å². The lowest BCUT2D eigenvalue weighted by molar-refractivity contribution is -0.143. The number of carbonyl (C=O) groups excluding carboxylic acids is 1. The zero-order valence-corrected chi connectivity index (χ0v) is 12.3. The summed E-state index contributed by atoms with van der Waals surface area (Å²) in [5, 5.41) is 0. The van der Waals surface area contributed by atoms with Crippen LogP contribution in [0.25, 0.3) is 16.6 Å². The number of carbonyl (C=O) groups is 1. The van der Waals surface area contributed by atoms with Crippen molar-refractivity contribution in [1.29, 1.82) is 0 Å². The number of benzene rings is 1. The van der Waals surface area contributed by atoms with E-state index in [2.05, 4.69) is 29.4 Å². The van der Waals surface area contributed by atoms with Gasteiger partial charge in [0.05, 0.1) is 30.6 Å². The molecule has 0 radical (unpaired) electrons. The first kappa shape index (κ1) is 13.1. The van der Waals surface area contributed by atoms with Crippen LogP contribution >= 0.6 is 0 Å². The molecule has 4 nitrogen and oxygen atoms in total. The summed E-state index contributed by atoms with van der Waals surface area (Å²) in [6.45, 7) is 0. The second-order valence-electron chi connectivity index (χ2n) is 5.80. The van der Waals surface area contributed by atoms with E-state index < -0.39 is 5.41 Å². The molecule has 0 aliphatic heterocycles. The quantitative estimate of drug-likeness (QED) is 0.696. The van der Waals surface area contributed by atoms with E-state index in [1.165, 1.54) is 7.11 Å². The lowest BCUT2D eigenvalue weighted by atomic mass is 9.93. The van der Waals surface area contributed by atoms with Crippen molar-refractivity contribution in [3.05, 3.63) is 60.7 Å². The highest BCUT2D eigenvalue weighted by Crippen LogP contribution is 2.49. The standard InChI is InChI=1S/C18H16N2O2/c1-22-17(21)18(7-8-18)15-4-2-3-13(9-15)14-5-6-16-10-19-12-20(16)11-14/h2-6,9-12H,7-8H2,1H3. The van der Waals surface area contributed by atoms with E-state index in [1.54, 1.807) is 6.33 Å². The number of aromatic nitrogens is 2. The Morgan fingerprint density at radius 1 is 1.23 bits per heavy atom. The number of hydrogen-bond acceptors (Lipinski definition) is 3. The van der Waals surface area contributed by atoms with Gasteiger partial charge >= 0.3 is 5.97 Å². The Morgan fingerprint density at radius 3 is 2.86 bits per heavy atom. The molecule has 0 atom stereocenters. The van der Waals surface area contributed by atoms with Crippen LogP contribution in [-0.4, -0.2) is 22.5 Å². The predicted molar refractivity (Wildman–Crippen MR) is 83.6 cm³/mol. The van der Waals surface area contributed by atoms with Crippen LogP contribution in [0.5, 0.6) is 0 Å². The Kier molecular flexibility index (Phi) is 2.79. The van der Waals surface area contributed by atoms with Gasteiger partial charge in [-0.1, -0.05) is 24.3 Å². The maximum Gasteiger partial charge on any atom is 0.316 e. The third-order valence-electron chi connectivity index (χ3n) is 4.48. The van der Waals surface area contributed by atoms with Gasteiger partial charge in [0.1, 0.15) is 0 Å². The van der Waals surface area contributed by atoms with Crippen LogP contribution in [0, 0.1) is 0 Å². The van der Waals surface area contributed by atoms with E-state index in [4.69, 9.17) is 4.74 Å². The first-order valence-corrected chi connectivity index (χ1v) is 7.34. The molecule has 4 heteroatoms. The lowest BCUT2D eigenvalue weighted by Crippen LogP contribution is -2.21. The molecule has 0 unspecified atom stereocenters. The Labute approximate surface area is 128 Å². The van der Waals surface area contributed by atoms with Gasteiger partial charge < -0.3 is 9.14 Å². The topological polar surface area (TPSA) is 43.6 Å². The fourth-order valence-corrected chi connectivity index (χ4v) is 3.02. The average molecular weight is 292 g/mol. The Hall–Kier alpha value is -2.62. The van der Waals surface area contributed by atoms with Gasteiger partial charge in [-0.15, -0.1) is 0 Å². The van der Waals surface area contributed by atoms with Crippen molar-refractivity contribution in [3.63, 3.8) is 0 Å². The summed E-state index contributed by atoms with van der Waals surface area (Å²) >= 11 is 0. The SMILES string of the molecule is COC(=O)C1(c2cccc(-c3ccc4cncn4c3)c2)CC1. The maximum absolute atomic E-state index is 12.0. The highest BCUT2D eigenvalue weighted by Gasteiger charge is 2.52. The molecule has 1 aliphatic rings. The van der Waals surface area contributed by atoms with Crippen molar-refractivity contribution in [2.45, 2.75) is 18.3 Å². The summed E-state index contributed by atoms with van der Waals surface area (Å²) in [7, 11) is 1.46. The molecule has 1 fully saturated rings. The Morgan fingerprint density at radius 2 is 2.09 bits per heavy atom. The number of methoxy groups -OCH3 is 1. The highest BCUT2D eigenvalue weighted by atomic mass is 16.5. The van der Waals surface area contributed by atoms with E-state index in [0.29, 0.717) is 0 Å². The number of hydrogen-bond donors (Lipinski definition) is 0. The molecular weight excluding hydrogens is 276 g/mol. The van der Waals surface area contributed by atoms with Gasteiger partial charge in [0, 0.05) is 6.20 Å². The van der Waals surface area contributed by atoms with Crippen LogP contribution in [0.1, 0.15) is 18.4 Å². The third-order valence-corrected chi connectivity index (χ3v) is 4.48. The number of ether oxygens (including phenoxy) is 1. The number of pyridine rings is 1. The van der Waals surface area contributed by atoms with E-state index >= 15 is 0 Å². The molecule has 0 saturated heterocycles. The fourth-order valence-electron chi connectivity index (χ4n) is 3.02. The summed E-state index contributed by atoms with van der Waals surface area (Å²) in [5.41, 5.74) is 3.89. The summed E-state index contributed by atoms with van der Waals surface area (Å²) in [6.07, 6.45) is 7.41. The first-order valence-electron chi connectivity index (χ1n) is 7.34. The number of esters is 1. The van der Waals surface area contributed by atoms with Crippen LogP contribution in [-0.2, 0) is 14.9 Å². The molecule has 22 heavy (non-hydrogen) atoms. The lowest BCUT2D eigenvalue weighted by Gasteiger charge is -2.14. The molecule has 3 aromatic rings. The Bertz CT molecular complexity index is 862. The second-order valence-corrected chi connectivity index (χ2v) is 5.80. The molecule has 4 rings (SSSR count). The molecule has 1 aliphatic carbocycles. The summed E-state index contributed by atoms with van der Waals surface area (Å²) < 4.78 is 6.97. The minimum Gasteiger partial charge on any atom is -0.468 e. The maximum atomic E-state index is 12.0. The average Bonchev–Trinajstić information content (AvgIpc) is 3.25. The molecule has 0 N–H and O–H groups in total. The van der Waals surface area contributed by atoms with Gasteiger partial charge in [-0.2, -0.15) is 0 Å². The molecular formula is C18H16N2O2. The summed E-state index contributed by atoms with van der Waals surface area (Å²) in [4.78, 5) is 16.2. The smallest absolute Gasteiger partial charge is 0.316 e. The van der Waals surface area contributed by atoms with Crippen molar-refractivity contribution in [2.75, 3.05) is 7.11 Å². The predicted octanol–water partition coefficient (Wildman–Crippen LogP) is 3.21. The molecule has 2 heterocycles.